The molecule has 0 bridgehead atoms. The molecule has 0 aliphatic carbocycles. The van der Waals surface area contributed by atoms with E-state index in [1.807, 2.05) is 25.1 Å². The second-order valence-electron chi connectivity index (χ2n) is 4.56. The van der Waals surface area contributed by atoms with Crippen LogP contribution in [-0.4, -0.2) is 10.2 Å². The van der Waals surface area contributed by atoms with Crippen molar-refractivity contribution in [2.45, 2.75) is 13.5 Å². The molecule has 0 atom stereocenters. The Balaban J connectivity index is 1.86. The SMILES string of the molecule is Cc1ccc(F)cc1CNc1cccc2[nH]ncc12. The van der Waals surface area contributed by atoms with Crippen LogP contribution >= 0.6 is 0 Å². The Kier molecular flexibility index (Phi) is 2.91. The number of hydrogen-bond acceptors (Lipinski definition) is 2. The third-order valence-electron chi connectivity index (χ3n) is 3.27. The van der Waals surface area contributed by atoms with Gasteiger partial charge in [-0.3, -0.25) is 5.10 Å². The number of hydrogen-bond donors (Lipinski definition) is 2. The van der Waals surface area contributed by atoms with Gasteiger partial charge in [0, 0.05) is 17.6 Å². The van der Waals surface area contributed by atoms with Gasteiger partial charge in [-0.05, 0) is 42.3 Å². The van der Waals surface area contributed by atoms with Gasteiger partial charge in [0.05, 0.1) is 11.7 Å². The average Bonchev–Trinajstić information content (AvgIpc) is 2.88. The second kappa shape index (κ2) is 4.72. The van der Waals surface area contributed by atoms with Crippen molar-refractivity contribution in [3.8, 4) is 0 Å². The van der Waals surface area contributed by atoms with Crippen molar-refractivity contribution >= 4 is 16.6 Å². The van der Waals surface area contributed by atoms with Crippen molar-refractivity contribution in [2.24, 2.45) is 0 Å². The van der Waals surface area contributed by atoms with Crippen molar-refractivity contribution in [1.82, 2.24) is 10.2 Å². The molecular weight excluding hydrogens is 241 g/mol. The molecule has 1 aromatic heterocycles. The molecule has 3 nitrogen and oxygen atoms in total. The highest BCUT2D eigenvalue weighted by Gasteiger charge is 2.04. The van der Waals surface area contributed by atoms with Crippen LogP contribution in [0.4, 0.5) is 10.1 Å². The summed E-state index contributed by atoms with van der Waals surface area (Å²) in [6.07, 6.45) is 1.79. The third kappa shape index (κ3) is 2.29. The smallest absolute Gasteiger partial charge is 0.123 e. The van der Waals surface area contributed by atoms with E-state index in [4.69, 9.17) is 0 Å². The summed E-state index contributed by atoms with van der Waals surface area (Å²) in [4.78, 5) is 0. The van der Waals surface area contributed by atoms with Gasteiger partial charge in [0.1, 0.15) is 5.82 Å². The molecule has 1 heterocycles. The van der Waals surface area contributed by atoms with Crippen LogP contribution in [0.2, 0.25) is 0 Å². The summed E-state index contributed by atoms with van der Waals surface area (Å²) >= 11 is 0. The van der Waals surface area contributed by atoms with Crippen molar-refractivity contribution in [1.29, 1.82) is 0 Å². The number of aromatic amines is 1. The van der Waals surface area contributed by atoms with E-state index in [9.17, 15) is 4.39 Å². The number of nitrogens with one attached hydrogen (secondary N) is 2. The Labute approximate surface area is 110 Å². The van der Waals surface area contributed by atoms with Crippen LogP contribution in [0.1, 0.15) is 11.1 Å². The molecular formula is C15H14FN3. The standard InChI is InChI=1S/C15H14FN3/c1-10-5-6-12(16)7-11(10)8-17-14-3-2-4-15-13(14)9-18-19-15/h2-7,9,17H,8H2,1H3,(H,18,19). The van der Waals surface area contributed by atoms with Crippen molar-refractivity contribution in [3.05, 3.63) is 59.5 Å². The van der Waals surface area contributed by atoms with Crippen LogP contribution in [0, 0.1) is 12.7 Å². The number of anilines is 1. The average molecular weight is 255 g/mol. The van der Waals surface area contributed by atoms with Crippen LogP contribution in [0.25, 0.3) is 10.9 Å². The summed E-state index contributed by atoms with van der Waals surface area (Å²) in [6.45, 7) is 2.57. The maximum Gasteiger partial charge on any atom is 0.123 e. The minimum absolute atomic E-state index is 0.205. The van der Waals surface area contributed by atoms with Crippen LogP contribution < -0.4 is 5.32 Å². The van der Waals surface area contributed by atoms with Gasteiger partial charge in [-0.1, -0.05) is 12.1 Å². The minimum atomic E-state index is -0.205. The zero-order valence-electron chi connectivity index (χ0n) is 10.6. The highest BCUT2D eigenvalue weighted by molar-refractivity contribution is 5.90. The predicted octanol–water partition coefficient (Wildman–Crippen LogP) is 3.62. The van der Waals surface area contributed by atoms with E-state index < -0.39 is 0 Å². The second-order valence-corrected chi connectivity index (χ2v) is 4.56. The number of H-pyrrole nitrogens is 1. The molecule has 19 heavy (non-hydrogen) atoms. The molecule has 2 aromatic carbocycles. The Morgan fingerprint density at radius 2 is 2.16 bits per heavy atom. The summed E-state index contributed by atoms with van der Waals surface area (Å²) in [5, 5.41) is 11.3. The first-order chi connectivity index (χ1) is 9.24. The summed E-state index contributed by atoms with van der Waals surface area (Å²) < 4.78 is 13.2. The van der Waals surface area contributed by atoms with Crippen LogP contribution in [0.15, 0.2) is 42.6 Å². The summed E-state index contributed by atoms with van der Waals surface area (Å²) in [6, 6.07) is 10.8. The first-order valence-electron chi connectivity index (χ1n) is 6.15. The Morgan fingerprint density at radius 3 is 3.05 bits per heavy atom. The van der Waals surface area contributed by atoms with Gasteiger partial charge in [-0.2, -0.15) is 5.10 Å². The van der Waals surface area contributed by atoms with E-state index in [0.717, 1.165) is 27.7 Å². The van der Waals surface area contributed by atoms with Gasteiger partial charge in [0.15, 0.2) is 0 Å². The fourth-order valence-electron chi connectivity index (χ4n) is 2.14. The normalized spacial score (nSPS) is 10.8. The largest absolute Gasteiger partial charge is 0.380 e. The number of rotatable bonds is 3. The summed E-state index contributed by atoms with van der Waals surface area (Å²) in [5.74, 6) is -0.205. The number of fused-ring (bicyclic) bond motifs is 1. The minimum Gasteiger partial charge on any atom is -0.380 e. The van der Waals surface area contributed by atoms with E-state index in [0.29, 0.717) is 6.54 Å². The Hall–Kier alpha value is -2.36. The molecule has 2 N–H and O–H groups in total. The van der Waals surface area contributed by atoms with Crippen LogP contribution in [0.5, 0.6) is 0 Å². The first-order valence-corrected chi connectivity index (χ1v) is 6.15. The van der Waals surface area contributed by atoms with E-state index in [1.54, 1.807) is 18.3 Å². The summed E-state index contributed by atoms with van der Waals surface area (Å²) in [7, 11) is 0. The zero-order valence-corrected chi connectivity index (χ0v) is 10.6. The summed E-state index contributed by atoms with van der Waals surface area (Å²) in [5.41, 5.74) is 4.02. The maximum atomic E-state index is 13.2. The van der Waals surface area contributed by atoms with Gasteiger partial charge in [-0.25, -0.2) is 4.39 Å². The highest BCUT2D eigenvalue weighted by Crippen LogP contribution is 2.22. The lowest BCUT2D eigenvalue weighted by Gasteiger charge is -2.10. The molecule has 0 saturated heterocycles. The highest BCUT2D eigenvalue weighted by atomic mass is 19.1. The molecule has 3 aromatic rings. The lowest BCUT2D eigenvalue weighted by atomic mass is 10.1. The molecule has 0 aliphatic rings. The van der Waals surface area contributed by atoms with Crippen molar-refractivity contribution in [3.63, 3.8) is 0 Å². The molecule has 96 valence electrons. The fraction of sp³-hybridized carbons (Fsp3) is 0.133. The monoisotopic (exact) mass is 255 g/mol. The number of aryl methyl sites for hydroxylation is 1. The lowest BCUT2D eigenvalue weighted by molar-refractivity contribution is 0.625. The van der Waals surface area contributed by atoms with E-state index in [-0.39, 0.29) is 5.82 Å². The van der Waals surface area contributed by atoms with Crippen LogP contribution in [0.3, 0.4) is 0 Å². The third-order valence-corrected chi connectivity index (χ3v) is 3.27. The number of nitrogens with zero attached hydrogens (tertiary/aromatic N) is 1. The first kappa shape index (κ1) is 11.7. The van der Waals surface area contributed by atoms with E-state index in [2.05, 4.69) is 15.5 Å². The molecule has 0 unspecified atom stereocenters. The lowest BCUT2D eigenvalue weighted by Crippen LogP contribution is -2.02. The van der Waals surface area contributed by atoms with E-state index >= 15 is 0 Å². The van der Waals surface area contributed by atoms with Gasteiger partial charge < -0.3 is 5.32 Å². The topological polar surface area (TPSA) is 40.7 Å². The van der Waals surface area contributed by atoms with E-state index in [1.165, 1.54) is 6.07 Å². The molecule has 4 heteroatoms. The molecule has 0 amide bonds. The van der Waals surface area contributed by atoms with Gasteiger partial charge >= 0.3 is 0 Å². The predicted molar refractivity (Wildman–Crippen MR) is 74.6 cm³/mol. The number of aromatic nitrogens is 2. The van der Waals surface area contributed by atoms with Gasteiger partial charge in [-0.15, -0.1) is 0 Å². The number of halogens is 1. The Morgan fingerprint density at radius 1 is 1.26 bits per heavy atom. The Bertz CT molecular complexity index is 718. The zero-order chi connectivity index (χ0) is 13.2. The van der Waals surface area contributed by atoms with Crippen LogP contribution in [-0.2, 0) is 6.54 Å². The molecule has 0 spiro atoms. The molecule has 3 rings (SSSR count). The quantitative estimate of drug-likeness (QED) is 0.750. The molecule has 0 aliphatic heterocycles. The van der Waals surface area contributed by atoms with Gasteiger partial charge in [0.25, 0.3) is 0 Å². The molecule has 0 saturated carbocycles. The maximum absolute atomic E-state index is 13.2. The fourth-order valence-corrected chi connectivity index (χ4v) is 2.14. The van der Waals surface area contributed by atoms with Gasteiger partial charge in [0.2, 0.25) is 0 Å². The molecule has 0 fully saturated rings. The molecule has 0 radical (unpaired) electrons. The van der Waals surface area contributed by atoms with Crippen molar-refractivity contribution in [2.75, 3.05) is 5.32 Å². The van der Waals surface area contributed by atoms with Crippen molar-refractivity contribution < 1.29 is 4.39 Å². The number of benzene rings is 2.